The molecule has 1 spiro atoms. The maximum Gasteiger partial charge on any atom is 0.330 e. The maximum atomic E-state index is 13.9. The van der Waals surface area contributed by atoms with Gasteiger partial charge in [-0.15, -0.1) is 0 Å². The van der Waals surface area contributed by atoms with Crippen molar-refractivity contribution in [3.63, 3.8) is 0 Å². The Morgan fingerprint density at radius 1 is 0.771 bits per heavy atom. The van der Waals surface area contributed by atoms with Crippen molar-refractivity contribution in [3.8, 4) is 0 Å². The van der Waals surface area contributed by atoms with Crippen LogP contribution in [0.25, 0.3) is 0 Å². The van der Waals surface area contributed by atoms with Crippen molar-refractivity contribution in [2.45, 2.75) is 250 Å². The Kier molecular flexibility index (Phi) is 23.5. The molecule has 0 aromatic rings. The van der Waals surface area contributed by atoms with Crippen LogP contribution in [0.2, 0.25) is 0 Å². The smallest absolute Gasteiger partial charge is 0.330 e. The Morgan fingerprint density at radius 3 is 2.09 bits per heavy atom. The third kappa shape index (κ3) is 14.9. The Hall–Kier alpha value is -1.87. The minimum Gasteiger partial charge on any atom is -0.458 e. The number of carbonyl (C=O) groups is 1. The van der Waals surface area contributed by atoms with E-state index in [0.717, 1.165) is 6.42 Å². The van der Waals surface area contributed by atoms with Crippen molar-refractivity contribution in [2.24, 2.45) is 47.3 Å². The molecule has 3 fully saturated rings. The molecule has 4 heterocycles. The first-order valence-electron chi connectivity index (χ1n) is 26.6. The lowest BCUT2D eigenvalue weighted by molar-refractivity contribution is -0.376. The van der Waals surface area contributed by atoms with Gasteiger partial charge in [-0.05, 0) is 83.0 Å². The lowest BCUT2D eigenvalue weighted by Crippen LogP contribution is -2.63. The highest BCUT2D eigenvalue weighted by Crippen LogP contribution is 2.50. The largest absolute Gasteiger partial charge is 0.458 e. The van der Waals surface area contributed by atoms with E-state index in [1.807, 2.05) is 52.0 Å². The van der Waals surface area contributed by atoms with Gasteiger partial charge in [-0.25, -0.2) is 4.79 Å². The average Bonchev–Trinajstić information content (AvgIpc) is 3.33. The molecular formula is C54H94O16. The zero-order chi connectivity index (χ0) is 52.4. The number of aliphatic hydroxyl groups is 10. The van der Waals surface area contributed by atoms with Crippen LogP contribution in [0.4, 0.5) is 0 Å². The second kappa shape index (κ2) is 27.1. The van der Waals surface area contributed by atoms with Crippen LogP contribution in [0.1, 0.15) is 147 Å². The van der Waals surface area contributed by atoms with E-state index < -0.39 is 127 Å². The van der Waals surface area contributed by atoms with Crippen LogP contribution in [0.5, 0.6) is 0 Å². The van der Waals surface area contributed by atoms with Crippen molar-refractivity contribution in [2.75, 3.05) is 0 Å². The average molecular weight is 999 g/mol. The third-order valence-electron chi connectivity index (χ3n) is 16.5. The normalized spacial score (nSPS) is 47.4. The van der Waals surface area contributed by atoms with Gasteiger partial charge in [0.25, 0.3) is 0 Å². The molecule has 2 bridgehead atoms. The Bertz CT molecular complexity index is 1660. The van der Waals surface area contributed by atoms with Gasteiger partial charge < -0.3 is 74.7 Å². The second-order valence-corrected chi connectivity index (χ2v) is 22.1. The summed E-state index contributed by atoms with van der Waals surface area (Å²) in [6, 6.07) is 0. The van der Waals surface area contributed by atoms with Crippen LogP contribution in [-0.4, -0.2) is 160 Å². The molecule has 0 aromatic carbocycles. The topological polar surface area (TPSA) is 266 Å². The van der Waals surface area contributed by atoms with Gasteiger partial charge in [-0.3, -0.25) is 0 Å². The second-order valence-electron chi connectivity index (χ2n) is 22.1. The molecule has 16 nitrogen and oxygen atoms in total. The molecule has 70 heavy (non-hydrogen) atoms. The molecule has 25 atom stereocenters. The molecule has 10 N–H and O–H groups in total. The Labute approximate surface area is 418 Å². The van der Waals surface area contributed by atoms with Crippen LogP contribution >= 0.6 is 0 Å². The summed E-state index contributed by atoms with van der Waals surface area (Å²) in [5, 5.41) is 115. The molecule has 0 aromatic heterocycles. The number of ether oxygens (including phenoxy) is 5. The fourth-order valence-corrected chi connectivity index (χ4v) is 11.5. The first kappa shape index (κ1) is 60.7. The minimum absolute atomic E-state index is 0.0833. The third-order valence-corrected chi connectivity index (χ3v) is 16.5. The molecule has 4 rings (SSSR count). The standard InChI is InChI=1S/C54H94O16/c1-12-26-53(65)51(63)31(5)17-15-14-16-18-38(28-32(6)55)20-22-41-34(8)49(36(10)54(69-41)27-25-30(4)48(70-54)33(7)39(56)13-2)67-42(58)23-19-29(3)44(59)35(9)45(60)50(46(61)47(62)52(53)64)68-43-24-21-40(57)37(11)66-43/h14-16,18-19,23,29-41,43-52,55-57,59-65H,12-13,17,20-22,24-28H2,1-11H3/b15-14+,18-16+,23-19+/t29-,30-,31+,32?,33?,34+,35-,36-,37+,38-,39+,40+,41-,43-,44+,45?,46-,47-,48+,49+,50-,51-,52?,53-,54-/m0/s1. The zero-order valence-electron chi connectivity index (χ0n) is 43.9. The molecule has 4 aliphatic rings. The monoisotopic (exact) mass is 999 g/mol. The van der Waals surface area contributed by atoms with E-state index in [1.54, 1.807) is 34.6 Å². The van der Waals surface area contributed by atoms with Crippen LogP contribution in [-0.2, 0) is 28.5 Å². The number of hydrogen-bond donors (Lipinski definition) is 10. The Balaban J connectivity index is 1.77. The van der Waals surface area contributed by atoms with Gasteiger partial charge in [0.15, 0.2) is 12.1 Å². The van der Waals surface area contributed by atoms with Gasteiger partial charge in [-0.2, -0.15) is 0 Å². The van der Waals surface area contributed by atoms with E-state index in [1.165, 1.54) is 19.1 Å². The van der Waals surface area contributed by atoms with Crippen LogP contribution in [0, 0.1) is 47.3 Å². The van der Waals surface area contributed by atoms with Gasteiger partial charge in [0.1, 0.15) is 36.1 Å². The van der Waals surface area contributed by atoms with E-state index in [9.17, 15) is 55.9 Å². The van der Waals surface area contributed by atoms with Crippen molar-refractivity contribution in [1.82, 2.24) is 0 Å². The highest BCUT2D eigenvalue weighted by Gasteiger charge is 2.57. The van der Waals surface area contributed by atoms with Crippen molar-refractivity contribution in [1.29, 1.82) is 0 Å². The summed E-state index contributed by atoms with van der Waals surface area (Å²) in [7, 11) is 0. The molecule has 3 saturated heterocycles. The van der Waals surface area contributed by atoms with Gasteiger partial charge in [0.2, 0.25) is 0 Å². The number of allylic oxidation sites excluding steroid dienone is 4. The van der Waals surface area contributed by atoms with Gasteiger partial charge in [-0.1, -0.05) is 99.1 Å². The molecule has 16 heteroatoms. The van der Waals surface area contributed by atoms with Gasteiger partial charge >= 0.3 is 5.97 Å². The first-order chi connectivity index (χ1) is 32.8. The molecule has 0 aliphatic carbocycles. The quantitative estimate of drug-likeness (QED) is 0.142. The van der Waals surface area contributed by atoms with E-state index in [4.69, 9.17) is 23.7 Å². The number of hydrogen-bond acceptors (Lipinski definition) is 16. The van der Waals surface area contributed by atoms with Crippen LogP contribution < -0.4 is 0 Å². The van der Waals surface area contributed by atoms with Crippen molar-refractivity contribution < 1.29 is 79.5 Å². The van der Waals surface area contributed by atoms with Crippen molar-refractivity contribution >= 4 is 5.97 Å². The molecule has 0 amide bonds. The summed E-state index contributed by atoms with van der Waals surface area (Å²) in [5.74, 6) is -5.18. The zero-order valence-corrected chi connectivity index (χ0v) is 43.9. The number of aliphatic hydroxyl groups excluding tert-OH is 9. The molecule has 0 saturated carbocycles. The number of carbonyl (C=O) groups excluding carboxylic acids is 1. The lowest BCUT2D eigenvalue weighted by atomic mass is 9.73. The van der Waals surface area contributed by atoms with E-state index in [2.05, 4.69) is 6.92 Å². The summed E-state index contributed by atoms with van der Waals surface area (Å²) in [6.07, 6.45) is -3.50. The maximum absolute atomic E-state index is 13.9. The first-order valence-corrected chi connectivity index (χ1v) is 26.6. The fourth-order valence-electron chi connectivity index (χ4n) is 11.5. The fraction of sp³-hybridized carbons (Fsp3) is 0.870. The molecule has 406 valence electrons. The highest BCUT2D eigenvalue weighted by molar-refractivity contribution is 5.82. The predicted molar refractivity (Wildman–Crippen MR) is 263 cm³/mol. The number of rotatable bonds is 9. The predicted octanol–water partition coefficient (Wildman–Crippen LogP) is 4.60. The van der Waals surface area contributed by atoms with E-state index >= 15 is 0 Å². The summed E-state index contributed by atoms with van der Waals surface area (Å²) >= 11 is 0. The van der Waals surface area contributed by atoms with Gasteiger partial charge in [0, 0.05) is 48.5 Å². The highest BCUT2D eigenvalue weighted by atomic mass is 16.7. The summed E-state index contributed by atoms with van der Waals surface area (Å²) < 4.78 is 32.4. The Morgan fingerprint density at radius 2 is 1.46 bits per heavy atom. The summed E-state index contributed by atoms with van der Waals surface area (Å²) in [6.45, 7) is 20.0. The van der Waals surface area contributed by atoms with Crippen molar-refractivity contribution in [3.05, 3.63) is 36.5 Å². The van der Waals surface area contributed by atoms with Gasteiger partial charge in [0.05, 0.1) is 54.9 Å². The number of fused-ring (bicyclic) bond motifs is 2. The van der Waals surface area contributed by atoms with E-state index in [-0.39, 0.29) is 61.9 Å². The molecule has 4 unspecified atom stereocenters. The molecule has 4 aliphatic heterocycles. The summed E-state index contributed by atoms with van der Waals surface area (Å²) in [4.78, 5) is 13.9. The molecule has 0 radical (unpaired) electrons. The van der Waals surface area contributed by atoms with Crippen LogP contribution in [0.3, 0.4) is 0 Å². The molecular weight excluding hydrogens is 905 g/mol. The summed E-state index contributed by atoms with van der Waals surface area (Å²) in [5.41, 5.74) is -2.33. The lowest BCUT2D eigenvalue weighted by Gasteiger charge is -2.56. The SMILES string of the molecule is CCC[C@@]1(O)C(O)[C@@H](O)[C@H](O)[C@@H](O[C@H]2CC[C@@H](O)[C@@H](C)O2)C(O)[C@@H](C)[C@H](O)[C@@H](C)/C=C/C(=O)O[C@@H]2[C@H](C)[C@H](CC[C@@H](CC(C)O)/C=C/C=C/C[C@@H](C)[C@@H]1O)O[C@]1(CC[C@H](C)[C@H](C(C)[C@H](O)CC)O1)[C@H]2C. The van der Waals surface area contributed by atoms with E-state index in [0.29, 0.717) is 32.1 Å². The number of esters is 1. The van der Waals surface area contributed by atoms with Crippen LogP contribution in [0.15, 0.2) is 36.5 Å². The minimum atomic E-state index is -2.33.